The second-order valence-electron chi connectivity index (χ2n) is 6.62. The van der Waals surface area contributed by atoms with E-state index in [0.29, 0.717) is 10.9 Å². The van der Waals surface area contributed by atoms with E-state index in [1.165, 1.54) is 30.7 Å². The number of benzene rings is 1. The Balaban J connectivity index is 1.74. The Labute approximate surface area is 159 Å². The van der Waals surface area contributed by atoms with Gasteiger partial charge in [-0.15, -0.1) is 0 Å². The highest BCUT2D eigenvalue weighted by Gasteiger charge is 2.23. The van der Waals surface area contributed by atoms with Crippen molar-refractivity contribution in [3.05, 3.63) is 29.3 Å². The van der Waals surface area contributed by atoms with Gasteiger partial charge in [0, 0.05) is 11.1 Å². The van der Waals surface area contributed by atoms with Gasteiger partial charge in [0.25, 0.3) is 5.91 Å². The van der Waals surface area contributed by atoms with E-state index in [4.69, 9.17) is 16.3 Å². The molecule has 1 aromatic carbocycles. The third kappa shape index (κ3) is 6.29. The lowest BCUT2D eigenvalue weighted by atomic mass is 9.86. The Bertz CT molecular complexity index is 732. The molecule has 0 heterocycles. The van der Waals surface area contributed by atoms with Crippen LogP contribution in [0.4, 0.5) is 0 Å². The van der Waals surface area contributed by atoms with Crippen LogP contribution in [0, 0.1) is 5.92 Å². The summed E-state index contributed by atoms with van der Waals surface area (Å²) in [5.74, 6) is -1.03. The van der Waals surface area contributed by atoms with Crippen LogP contribution in [-0.4, -0.2) is 38.7 Å². The number of sulfone groups is 1. The summed E-state index contributed by atoms with van der Waals surface area (Å²) in [7, 11) is -3.60. The van der Waals surface area contributed by atoms with Crippen molar-refractivity contribution in [1.29, 1.82) is 0 Å². The molecule has 6 nitrogen and oxygen atoms in total. The smallest absolute Gasteiger partial charge is 0.307 e. The van der Waals surface area contributed by atoms with Crippen LogP contribution < -0.4 is 5.32 Å². The van der Waals surface area contributed by atoms with Crippen molar-refractivity contribution in [1.82, 2.24) is 5.32 Å². The zero-order valence-corrected chi connectivity index (χ0v) is 16.3. The number of rotatable bonds is 7. The number of halogens is 1. The molecule has 0 unspecified atom stereocenters. The fourth-order valence-corrected chi connectivity index (χ4v) is 4.32. The third-order valence-corrected chi connectivity index (χ3v) is 6.55. The van der Waals surface area contributed by atoms with Crippen molar-refractivity contribution in [2.24, 2.45) is 5.92 Å². The Morgan fingerprint density at radius 3 is 2.50 bits per heavy atom. The molecule has 26 heavy (non-hydrogen) atoms. The molecule has 0 radical (unpaired) electrons. The molecule has 0 spiro atoms. The molecule has 0 aromatic heterocycles. The van der Waals surface area contributed by atoms with E-state index in [0.717, 1.165) is 19.3 Å². The number of nitrogens with one attached hydrogen (secondary N) is 1. The molecule has 1 aliphatic rings. The molecule has 1 aliphatic carbocycles. The molecule has 8 heteroatoms. The monoisotopic (exact) mass is 401 g/mol. The van der Waals surface area contributed by atoms with Crippen molar-refractivity contribution < 1.29 is 22.7 Å². The first-order valence-corrected chi connectivity index (χ1v) is 10.7. The largest absolute Gasteiger partial charge is 0.456 e. The average Bonchev–Trinajstić information content (AvgIpc) is 2.60. The highest BCUT2D eigenvalue weighted by atomic mass is 35.5. The average molecular weight is 402 g/mol. The maximum absolute atomic E-state index is 12.2. The molecule has 1 amide bonds. The van der Waals surface area contributed by atoms with E-state index < -0.39 is 15.8 Å². The minimum atomic E-state index is -3.60. The molecular formula is C18H24ClNO5S. The summed E-state index contributed by atoms with van der Waals surface area (Å²) in [5, 5.41) is 3.31. The Hall–Kier alpha value is -1.60. The molecule has 0 aliphatic heterocycles. The molecule has 1 aromatic rings. The zero-order chi connectivity index (χ0) is 19.2. The van der Waals surface area contributed by atoms with Gasteiger partial charge < -0.3 is 10.1 Å². The van der Waals surface area contributed by atoms with Gasteiger partial charge in [-0.3, -0.25) is 9.59 Å². The van der Waals surface area contributed by atoms with Crippen molar-refractivity contribution in [2.45, 2.75) is 50.0 Å². The molecule has 2 atom stereocenters. The van der Waals surface area contributed by atoms with E-state index in [9.17, 15) is 18.0 Å². The number of amides is 1. The number of ether oxygens (including phenoxy) is 1. The summed E-state index contributed by atoms with van der Waals surface area (Å²) in [6, 6.07) is 5.84. The molecule has 1 saturated carbocycles. The van der Waals surface area contributed by atoms with Gasteiger partial charge in [-0.25, -0.2) is 8.42 Å². The number of hydrogen-bond donors (Lipinski definition) is 1. The standard InChI is InChI=1S/C18H24ClNO5S/c1-13-4-2-3-5-16(13)20-17(21)12-25-18(22)10-11-26(23,24)15-8-6-14(19)7-9-15/h6-9,13,16H,2-5,10-12H2,1H3,(H,20,21)/t13-,16-/m0/s1. The fraction of sp³-hybridized carbons (Fsp3) is 0.556. The summed E-state index contributed by atoms with van der Waals surface area (Å²) >= 11 is 5.73. The second-order valence-corrected chi connectivity index (χ2v) is 9.16. The number of esters is 1. The quantitative estimate of drug-likeness (QED) is 0.709. The molecular weight excluding hydrogens is 378 g/mol. The zero-order valence-electron chi connectivity index (χ0n) is 14.7. The number of carbonyl (C=O) groups is 2. The van der Waals surface area contributed by atoms with E-state index in [2.05, 4.69) is 12.2 Å². The molecule has 0 bridgehead atoms. The predicted octanol–water partition coefficient (Wildman–Crippen LogP) is 2.74. The molecule has 1 N–H and O–H groups in total. The van der Waals surface area contributed by atoms with E-state index in [1.54, 1.807) is 0 Å². The van der Waals surface area contributed by atoms with E-state index >= 15 is 0 Å². The highest BCUT2D eigenvalue weighted by molar-refractivity contribution is 7.91. The first kappa shape index (κ1) is 20.7. The van der Waals surface area contributed by atoms with Crippen LogP contribution in [-0.2, 0) is 24.2 Å². The minimum absolute atomic E-state index is 0.0960. The number of carbonyl (C=O) groups excluding carboxylic acids is 2. The van der Waals surface area contributed by atoms with Gasteiger partial charge in [0.1, 0.15) is 0 Å². The fourth-order valence-electron chi connectivity index (χ4n) is 2.97. The summed E-state index contributed by atoms with van der Waals surface area (Å²) in [4.78, 5) is 23.7. The summed E-state index contributed by atoms with van der Waals surface area (Å²) in [5.41, 5.74) is 0. The van der Waals surface area contributed by atoms with Gasteiger partial charge in [-0.2, -0.15) is 0 Å². The normalized spacial score (nSPS) is 20.4. The van der Waals surface area contributed by atoms with Crippen LogP contribution in [0.25, 0.3) is 0 Å². The summed E-state index contributed by atoms with van der Waals surface area (Å²) in [6.07, 6.45) is 3.95. The van der Waals surface area contributed by atoms with Crippen LogP contribution in [0.1, 0.15) is 39.0 Å². The number of hydrogen-bond acceptors (Lipinski definition) is 5. The van der Waals surface area contributed by atoms with Crippen LogP contribution in [0.2, 0.25) is 5.02 Å². The Morgan fingerprint density at radius 1 is 1.19 bits per heavy atom. The Kier molecular flexibility index (Phi) is 7.46. The molecule has 2 rings (SSSR count). The molecule has 1 fully saturated rings. The van der Waals surface area contributed by atoms with Gasteiger partial charge in [0.15, 0.2) is 16.4 Å². The maximum Gasteiger partial charge on any atom is 0.307 e. The molecule has 0 saturated heterocycles. The minimum Gasteiger partial charge on any atom is -0.456 e. The van der Waals surface area contributed by atoms with E-state index in [-0.39, 0.29) is 35.6 Å². The maximum atomic E-state index is 12.2. The van der Waals surface area contributed by atoms with Crippen molar-refractivity contribution in [3.63, 3.8) is 0 Å². The first-order chi connectivity index (χ1) is 12.3. The van der Waals surface area contributed by atoms with Crippen LogP contribution >= 0.6 is 11.6 Å². The second kappa shape index (κ2) is 9.37. The third-order valence-electron chi connectivity index (χ3n) is 4.57. The highest BCUT2D eigenvalue weighted by Crippen LogP contribution is 2.23. The van der Waals surface area contributed by atoms with Crippen LogP contribution in [0.3, 0.4) is 0 Å². The van der Waals surface area contributed by atoms with Gasteiger partial charge in [0.2, 0.25) is 0 Å². The van der Waals surface area contributed by atoms with Crippen LogP contribution in [0.5, 0.6) is 0 Å². The lowest BCUT2D eigenvalue weighted by molar-refractivity contribution is -0.148. The predicted molar refractivity (Wildman–Crippen MR) is 98.6 cm³/mol. The summed E-state index contributed by atoms with van der Waals surface area (Å²) in [6.45, 7) is 1.71. The lowest BCUT2D eigenvalue weighted by Gasteiger charge is -2.29. The van der Waals surface area contributed by atoms with Crippen molar-refractivity contribution in [2.75, 3.05) is 12.4 Å². The SMILES string of the molecule is C[C@H]1CCCC[C@@H]1NC(=O)COC(=O)CCS(=O)(=O)c1ccc(Cl)cc1. The van der Waals surface area contributed by atoms with Crippen molar-refractivity contribution in [3.8, 4) is 0 Å². The van der Waals surface area contributed by atoms with Gasteiger partial charge >= 0.3 is 5.97 Å². The lowest BCUT2D eigenvalue weighted by Crippen LogP contribution is -2.42. The topological polar surface area (TPSA) is 89.5 Å². The first-order valence-electron chi connectivity index (χ1n) is 8.71. The van der Waals surface area contributed by atoms with Crippen LogP contribution in [0.15, 0.2) is 29.2 Å². The van der Waals surface area contributed by atoms with E-state index in [1.807, 2.05) is 0 Å². The molecule has 144 valence electrons. The Morgan fingerprint density at radius 2 is 1.85 bits per heavy atom. The van der Waals surface area contributed by atoms with Gasteiger partial charge in [-0.1, -0.05) is 31.4 Å². The van der Waals surface area contributed by atoms with Crippen molar-refractivity contribution >= 4 is 33.3 Å². The van der Waals surface area contributed by atoms with Gasteiger partial charge in [0.05, 0.1) is 17.1 Å². The van der Waals surface area contributed by atoms with Gasteiger partial charge in [-0.05, 0) is 43.0 Å². The summed E-state index contributed by atoms with van der Waals surface area (Å²) < 4.78 is 29.2.